The second-order valence-corrected chi connectivity index (χ2v) is 8.31. The highest BCUT2D eigenvalue weighted by atomic mass is 32.2. The minimum absolute atomic E-state index is 0.157. The normalized spacial score (nSPS) is 11.0. The lowest BCUT2D eigenvalue weighted by molar-refractivity contribution is 0.102. The molecule has 0 radical (unpaired) electrons. The van der Waals surface area contributed by atoms with Gasteiger partial charge in [0.1, 0.15) is 5.75 Å². The molecule has 0 saturated carbocycles. The zero-order valence-corrected chi connectivity index (χ0v) is 17.7. The zero-order chi connectivity index (χ0) is 21.6. The van der Waals surface area contributed by atoms with Crippen LogP contribution >= 0.6 is 0 Å². The van der Waals surface area contributed by atoms with Crippen molar-refractivity contribution in [2.45, 2.75) is 18.7 Å². The molecule has 156 valence electrons. The number of ether oxygens (including phenoxy) is 1. The molecule has 3 aromatic carbocycles. The molecule has 0 spiro atoms. The van der Waals surface area contributed by atoms with E-state index < -0.39 is 10.0 Å². The Morgan fingerprint density at radius 2 is 1.63 bits per heavy atom. The van der Waals surface area contributed by atoms with Gasteiger partial charge in [0.05, 0.1) is 17.2 Å². The third kappa shape index (κ3) is 4.80. The number of carbonyl (C=O) groups excluding carboxylic acids is 1. The lowest BCUT2D eigenvalue weighted by Gasteiger charge is -2.23. The molecule has 7 heteroatoms. The standard InChI is InChI=1S/C23H24N2O4S/c1-3-25(20-10-6-5-7-11-20)30(27,28)22-15-13-19(14-16-22)24-23(26)18-9-8-12-21(17-18)29-4-2/h5-17H,3-4H2,1-2H3,(H,24,26). The van der Waals surface area contributed by atoms with Gasteiger partial charge in [-0.25, -0.2) is 8.42 Å². The van der Waals surface area contributed by atoms with Crippen molar-refractivity contribution in [2.24, 2.45) is 0 Å². The van der Waals surface area contributed by atoms with Crippen LogP contribution in [0.15, 0.2) is 83.8 Å². The van der Waals surface area contributed by atoms with Crippen LogP contribution in [0.3, 0.4) is 0 Å². The van der Waals surface area contributed by atoms with E-state index in [0.717, 1.165) is 0 Å². The molecular weight excluding hydrogens is 400 g/mol. The highest BCUT2D eigenvalue weighted by Gasteiger charge is 2.23. The molecular formula is C23H24N2O4S. The summed E-state index contributed by atoms with van der Waals surface area (Å²) in [6, 6.07) is 22.0. The van der Waals surface area contributed by atoms with Gasteiger partial charge < -0.3 is 10.1 Å². The molecule has 30 heavy (non-hydrogen) atoms. The number of benzene rings is 3. The van der Waals surface area contributed by atoms with Crippen LogP contribution in [0, 0.1) is 0 Å². The predicted octanol–water partition coefficient (Wildman–Crippen LogP) is 4.55. The van der Waals surface area contributed by atoms with Crippen LogP contribution in [-0.2, 0) is 10.0 Å². The van der Waals surface area contributed by atoms with Crippen LogP contribution in [0.5, 0.6) is 5.75 Å². The van der Waals surface area contributed by atoms with Crippen LogP contribution in [-0.4, -0.2) is 27.5 Å². The number of para-hydroxylation sites is 1. The highest BCUT2D eigenvalue weighted by Crippen LogP contribution is 2.24. The SMILES string of the molecule is CCOc1cccc(C(=O)Nc2ccc(S(=O)(=O)N(CC)c3ccccc3)cc2)c1. The lowest BCUT2D eigenvalue weighted by atomic mass is 10.2. The van der Waals surface area contributed by atoms with Gasteiger partial charge in [-0.15, -0.1) is 0 Å². The van der Waals surface area contributed by atoms with E-state index in [1.165, 1.54) is 16.4 Å². The minimum Gasteiger partial charge on any atom is -0.494 e. The average Bonchev–Trinajstić information content (AvgIpc) is 2.76. The van der Waals surface area contributed by atoms with Crippen molar-refractivity contribution < 1.29 is 17.9 Å². The van der Waals surface area contributed by atoms with Crippen molar-refractivity contribution in [3.8, 4) is 5.75 Å². The van der Waals surface area contributed by atoms with E-state index in [4.69, 9.17) is 4.74 Å². The first-order valence-corrected chi connectivity index (χ1v) is 11.1. The fourth-order valence-corrected chi connectivity index (χ4v) is 4.49. The van der Waals surface area contributed by atoms with Crippen molar-refractivity contribution in [2.75, 3.05) is 22.8 Å². The maximum absolute atomic E-state index is 13.0. The van der Waals surface area contributed by atoms with Crippen molar-refractivity contribution in [3.63, 3.8) is 0 Å². The van der Waals surface area contributed by atoms with Crippen LogP contribution in [0.2, 0.25) is 0 Å². The quantitative estimate of drug-likeness (QED) is 0.575. The number of hydrogen-bond acceptors (Lipinski definition) is 4. The molecule has 0 aromatic heterocycles. The maximum Gasteiger partial charge on any atom is 0.264 e. The van der Waals surface area contributed by atoms with Crippen molar-refractivity contribution in [1.82, 2.24) is 0 Å². The van der Waals surface area contributed by atoms with Crippen LogP contribution in [0.1, 0.15) is 24.2 Å². The molecule has 0 fully saturated rings. The van der Waals surface area contributed by atoms with Gasteiger partial charge in [-0.3, -0.25) is 9.10 Å². The molecule has 0 heterocycles. The first-order chi connectivity index (χ1) is 14.5. The van der Waals surface area contributed by atoms with Gasteiger partial charge in [-0.05, 0) is 68.4 Å². The Bertz CT molecular complexity index is 1100. The third-order valence-corrected chi connectivity index (χ3v) is 6.36. The maximum atomic E-state index is 13.0. The largest absolute Gasteiger partial charge is 0.494 e. The van der Waals surface area contributed by atoms with Gasteiger partial charge in [0.25, 0.3) is 15.9 Å². The summed E-state index contributed by atoms with van der Waals surface area (Å²) in [4.78, 5) is 12.7. The topological polar surface area (TPSA) is 75.7 Å². The molecule has 0 aliphatic rings. The monoisotopic (exact) mass is 424 g/mol. The number of anilines is 2. The van der Waals surface area contributed by atoms with Gasteiger partial charge in [-0.1, -0.05) is 24.3 Å². The van der Waals surface area contributed by atoms with E-state index in [1.54, 1.807) is 67.6 Å². The highest BCUT2D eigenvalue weighted by molar-refractivity contribution is 7.92. The molecule has 0 saturated heterocycles. The fourth-order valence-electron chi connectivity index (χ4n) is 3.02. The molecule has 3 rings (SSSR count). The van der Waals surface area contributed by atoms with E-state index >= 15 is 0 Å². The number of rotatable bonds is 8. The number of nitrogens with zero attached hydrogens (tertiary/aromatic N) is 1. The predicted molar refractivity (Wildman–Crippen MR) is 119 cm³/mol. The fraction of sp³-hybridized carbons (Fsp3) is 0.174. The number of nitrogens with one attached hydrogen (secondary N) is 1. The van der Waals surface area contributed by atoms with Gasteiger partial charge in [0.2, 0.25) is 0 Å². The average molecular weight is 425 g/mol. The first kappa shape index (κ1) is 21.4. The summed E-state index contributed by atoms with van der Waals surface area (Å²) in [5, 5.41) is 2.78. The van der Waals surface area contributed by atoms with Gasteiger partial charge in [0.15, 0.2) is 0 Å². The van der Waals surface area contributed by atoms with Gasteiger partial charge in [-0.2, -0.15) is 0 Å². The molecule has 0 aliphatic heterocycles. The van der Waals surface area contributed by atoms with Crippen LogP contribution in [0.25, 0.3) is 0 Å². The van der Waals surface area contributed by atoms with E-state index in [-0.39, 0.29) is 10.8 Å². The van der Waals surface area contributed by atoms with Crippen LogP contribution in [0.4, 0.5) is 11.4 Å². The molecule has 0 aliphatic carbocycles. The van der Waals surface area contributed by atoms with Crippen molar-refractivity contribution >= 4 is 27.3 Å². The third-order valence-electron chi connectivity index (χ3n) is 4.44. The summed E-state index contributed by atoms with van der Waals surface area (Å²) in [5.41, 5.74) is 1.56. The number of carbonyl (C=O) groups is 1. The number of amides is 1. The second kappa shape index (κ2) is 9.45. The van der Waals surface area contributed by atoms with E-state index in [0.29, 0.717) is 35.8 Å². The van der Waals surface area contributed by atoms with E-state index in [1.807, 2.05) is 13.0 Å². The lowest BCUT2D eigenvalue weighted by Crippen LogP contribution is -2.30. The molecule has 0 unspecified atom stereocenters. The van der Waals surface area contributed by atoms with E-state index in [2.05, 4.69) is 5.32 Å². The molecule has 6 nitrogen and oxygen atoms in total. The summed E-state index contributed by atoms with van der Waals surface area (Å²) in [6.07, 6.45) is 0. The Morgan fingerprint density at radius 3 is 2.27 bits per heavy atom. The van der Waals surface area contributed by atoms with Gasteiger partial charge in [0, 0.05) is 17.8 Å². The smallest absolute Gasteiger partial charge is 0.264 e. The summed E-state index contributed by atoms with van der Waals surface area (Å²) >= 11 is 0. The van der Waals surface area contributed by atoms with Gasteiger partial charge >= 0.3 is 0 Å². The molecule has 3 aromatic rings. The van der Waals surface area contributed by atoms with Crippen molar-refractivity contribution in [1.29, 1.82) is 0 Å². The van der Waals surface area contributed by atoms with E-state index in [9.17, 15) is 13.2 Å². The Hall–Kier alpha value is -3.32. The van der Waals surface area contributed by atoms with Crippen molar-refractivity contribution in [3.05, 3.63) is 84.4 Å². The molecule has 0 bridgehead atoms. The second-order valence-electron chi connectivity index (χ2n) is 6.44. The summed E-state index contributed by atoms with van der Waals surface area (Å²) in [6.45, 7) is 4.48. The molecule has 1 N–H and O–H groups in total. The summed E-state index contributed by atoms with van der Waals surface area (Å²) in [5.74, 6) is 0.318. The summed E-state index contributed by atoms with van der Waals surface area (Å²) in [7, 11) is -3.71. The molecule has 0 atom stereocenters. The number of sulfonamides is 1. The zero-order valence-electron chi connectivity index (χ0n) is 16.9. The summed E-state index contributed by atoms with van der Waals surface area (Å²) < 4.78 is 32.9. The number of hydrogen-bond donors (Lipinski definition) is 1. The minimum atomic E-state index is -3.71. The Balaban J connectivity index is 1.77. The Morgan fingerprint density at radius 1 is 0.933 bits per heavy atom. The van der Waals surface area contributed by atoms with Crippen LogP contribution < -0.4 is 14.4 Å². The molecule has 1 amide bonds. The first-order valence-electron chi connectivity index (χ1n) is 9.67. The Kier molecular flexibility index (Phi) is 6.74. The Labute approximate surface area is 177 Å².